The van der Waals surface area contributed by atoms with Gasteiger partial charge in [-0.1, -0.05) is 36.0 Å². The summed E-state index contributed by atoms with van der Waals surface area (Å²) in [4.78, 5) is 16.5. The third-order valence-electron chi connectivity index (χ3n) is 3.92. The van der Waals surface area contributed by atoms with Crippen LogP contribution in [-0.4, -0.2) is 40.8 Å². The Hall–Kier alpha value is -3.01. The standard InChI is InChI=1S/C20H19F3N4O2S/c1-2-27-12-18(29-16-9-4-3-5-10-16)25-19(26-27)30-13-17(28)24-15-8-6-7-14(11-15)20(21,22)23/h3-11H,2,12-13H2,1H3,(H,24,28). The van der Waals surface area contributed by atoms with Gasteiger partial charge in [0, 0.05) is 12.2 Å². The predicted octanol–water partition coefficient (Wildman–Crippen LogP) is 4.46. The van der Waals surface area contributed by atoms with Gasteiger partial charge in [-0.25, -0.2) is 0 Å². The fraction of sp³-hybridized carbons (Fsp3) is 0.250. The highest BCUT2D eigenvalue weighted by atomic mass is 32.2. The zero-order valence-corrected chi connectivity index (χ0v) is 16.8. The highest BCUT2D eigenvalue weighted by Crippen LogP contribution is 2.30. The monoisotopic (exact) mass is 436 g/mol. The van der Waals surface area contributed by atoms with E-state index in [9.17, 15) is 18.0 Å². The van der Waals surface area contributed by atoms with E-state index in [1.54, 1.807) is 17.1 Å². The van der Waals surface area contributed by atoms with Crippen molar-refractivity contribution in [3.63, 3.8) is 0 Å². The minimum atomic E-state index is -4.47. The molecule has 1 aliphatic heterocycles. The molecule has 0 spiro atoms. The van der Waals surface area contributed by atoms with Gasteiger partial charge < -0.3 is 10.1 Å². The number of hydrogen-bond acceptors (Lipinski definition) is 6. The molecule has 0 aromatic heterocycles. The fourth-order valence-corrected chi connectivity index (χ4v) is 3.17. The van der Waals surface area contributed by atoms with Crippen LogP contribution < -0.4 is 10.1 Å². The van der Waals surface area contributed by atoms with Crippen LogP contribution in [0.5, 0.6) is 5.75 Å². The molecule has 30 heavy (non-hydrogen) atoms. The highest BCUT2D eigenvalue weighted by Gasteiger charge is 2.30. The normalized spacial score (nSPS) is 14.1. The number of thioether (sulfide) groups is 1. The number of carbonyl (C=O) groups excluding carboxylic acids is 1. The molecule has 0 unspecified atom stereocenters. The zero-order valence-electron chi connectivity index (χ0n) is 16.0. The van der Waals surface area contributed by atoms with E-state index in [0.29, 0.717) is 29.9 Å². The quantitative estimate of drug-likeness (QED) is 0.752. The second-order valence-electron chi connectivity index (χ2n) is 6.20. The summed E-state index contributed by atoms with van der Waals surface area (Å²) < 4.78 is 44.2. The Balaban J connectivity index is 1.60. The summed E-state index contributed by atoms with van der Waals surface area (Å²) in [5.74, 6) is 0.561. The number of ether oxygens (including phenoxy) is 1. The topological polar surface area (TPSA) is 66.3 Å². The lowest BCUT2D eigenvalue weighted by atomic mass is 10.2. The van der Waals surface area contributed by atoms with Gasteiger partial charge >= 0.3 is 6.18 Å². The Morgan fingerprint density at radius 2 is 1.97 bits per heavy atom. The summed E-state index contributed by atoms with van der Waals surface area (Å²) in [5.41, 5.74) is -0.747. The number of anilines is 1. The van der Waals surface area contributed by atoms with Gasteiger partial charge in [0.15, 0.2) is 0 Å². The van der Waals surface area contributed by atoms with Crippen molar-refractivity contribution in [1.29, 1.82) is 0 Å². The van der Waals surface area contributed by atoms with Crippen molar-refractivity contribution >= 4 is 34.4 Å². The molecule has 0 saturated heterocycles. The number of halogens is 3. The van der Waals surface area contributed by atoms with E-state index in [2.05, 4.69) is 15.4 Å². The zero-order chi connectivity index (χ0) is 21.6. The summed E-state index contributed by atoms with van der Waals surface area (Å²) in [7, 11) is 0. The third-order valence-corrected chi connectivity index (χ3v) is 4.75. The van der Waals surface area contributed by atoms with Gasteiger partial charge in [0.2, 0.25) is 17.0 Å². The second-order valence-corrected chi connectivity index (χ2v) is 7.14. The van der Waals surface area contributed by atoms with E-state index >= 15 is 0 Å². The molecule has 1 aliphatic rings. The number of hydrogen-bond donors (Lipinski definition) is 1. The predicted molar refractivity (Wildman–Crippen MR) is 112 cm³/mol. The summed E-state index contributed by atoms with van der Waals surface area (Å²) in [5, 5.41) is 8.89. The van der Waals surface area contributed by atoms with Crippen molar-refractivity contribution in [1.82, 2.24) is 5.01 Å². The number of nitrogens with zero attached hydrogens (tertiary/aromatic N) is 3. The van der Waals surface area contributed by atoms with Crippen molar-refractivity contribution in [2.24, 2.45) is 10.1 Å². The van der Waals surface area contributed by atoms with Crippen LogP contribution >= 0.6 is 11.8 Å². The summed E-state index contributed by atoms with van der Waals surface area (Å²) in [6.07, 6.45) is -4.47. The van der Waals surface area contributed by atoms with Crippen molar-refractivity contribution in [3.8, 4) is 5.75 Å². The maximum Gasteiger partial charge on any atom is 0.416 e. The molecule has 0 bridgehead atoms. The van der Waals surface area contributed by atoms with Crippen LogP contribution in [-0.2, 0) is 11.0 Å². The van der Waals surface area contributed by atoms with Gasteiger partial charge in [0.05, 0.1) is 11.3 Å². The number of carbonyl (C=O) groups is 1. The first-order valence-electron chi connectivity index (χ1n) is 9.07. The molecule has 158 valence electrons. The van der Waals surface area contributed by atoms with Gasteiger partial charge in [-0.05, 0) is 37.3 Å². The van der Waals surface area contributed by atoms with E-state index < -0.39 is 17.6 Å². The smallest absolute Gasteiger partial charge is 0.416 e. The van der Waals surface area contributed by atoms with Crippen LogP contribution in [0, 0.1) is 0 Å². The number of amidine groups is 1. The summed E-state index contributed by atoms with van der Waals surface area (Å²) in [6.45, 7) is 2.95. The number of amides is 1. The maximum atomic E-state index is 12.8. The summed E-state index contributed by atoms with van der Waals surface area (Å²) in [6, 6.07) is 13.7. The SMILES string of the molecule is CCN1CC(Oc2ccccc2)=NC(SCC(=O)Nc2cccc(C(F)(F)F)c2)=N1. The number of alkyl halides is 3. The molecule has 3 rings (SSSR count). The lowest BCUT2D eigenvalue weighted by Gasteiger charge is -2.23. The Labute approximate surface area is 175 Å². The molecule has 0 aliphatic carbocycles. The number of aliphatic imine (C=N–C) groups is 1. The maximum absolute atomic E-state index is 12.8. The van der Waals surface area contributed by atoms with Crippen LogP contribution in [0.25, 0.3) is 0 Å². The first-order chi connectivity index (χ1) is 14.3. The third kappa shape index (κ3) is 6.24. The van der Waals surface area contributed by atoms with E-state index in [4.69, 9.17) is 4.74 Å². The largest absolute Gasteiger partial charge is 0.441 e. The molecule has 1 heterocycles. The molecule has 0 radical (unpaired) electrons. The lowest BCUT2D eigenvalue weighted by Crippen LogP contribution is -2.33. The molecule has 6 nitrogen and oxygen atoms in total. The van der Waals surface area contributed by atoms with Gasteiger partial charge in [0.25, 0.3) is 0 Å². The number of hydrazone groups is 1. The van der Waals surface area contributed by atoms with E-state index in [0.717, 1.165) is 23.9 Å². The van der Waals surface area contributed by atoms with E-state index in [1.807, 2.05) is 25.1 Å². The van der Waals surface area contributed by atoms with Crippen LogP contribution in [0.3, 0.4) is 0 Å². The van der Waals surface area contributed by atoms with Crippen molar-refractivity contribution < 1.29 is 22.7 Å². The van der Waals surface area contributed by atoms with Gasteiger partial charge in [-0.15, -0.1) is 5.10 Å². The van der Waals surface area contributed by atoms with Gasteiger partial charge in [0.1, 0.15) is 12.3 Å². The molecule has 0 atom stereocenters. The van der Waals surface area contributed by atoms with Gasteiger partial charge in [-0.2, -0.15) is 18.2 Å². The number of para-hydroxylation sites is 1. The van der Waals surface area contributed by atoms with Crippen LogP contribution in [0.2, 0.25) is 0 Å². The minimum absolute atomic E-state index is 0.0608. The Morgan fingerprint density at radius 1 is 1.20 bits per heavy atom. The number of rotatable bonds is 5. The van der Waals surface area contributed by atoms with Crippen LogP contribution in [0.4, 0.5) is 18.9 Å². The molecule has 1 amide bonds. The first kappa shape index (κ1) is 21.7. The second kappa shape index (κ2) is 9.66. The molecule has 2 aromatic rings. The molecule has 10 heteroatoms. The van der Waals surface area contributed by atoms with E-state index in [-0.39, 0.29) is 11.4 Å². The number of benzene rings is 2. The van der Waals surface area contributed by atoms with Crippen molar-refractivity contribution in [2.75, 3.05) is 24.2 Å². The van der Waals surface area contributed by atoms with Crippen molar-refractivity contribution in [3.05, 3.63) is 60.2 Å². The minimum Gasteiger partial charge on any atom is -0.441 e. The number of likely N-dealkylation sites (N-methyl/N-ethyl adjacent to an activating group) is 1. The molecular formula is C20H19F3N4O2S. The lowest BCUT2D eigenvalue weighted by molar-refractivity contribution is -0.137. The van der Waals surface area contributed by atoms with E-state index in [1.165, 1.54) is 12.1 Å². The number of nitrogens with one attached hydrogen (secondary N) is 1. The Kier molecular flexibility index (Phi) is 6.99. The molecule has 1 N–H and O–H groups in total. The molecule has 0 fully saturated rings. The first-order valence-corrected chi connectivity index (χ1v) is 10.1. The molecular weight excluding hydrogens is 417 g/mol. The average Bonchev–Trinajstić information content (AvgIpc) is 2.72. The highest BCUT2D eigenvalue weighted by molar-refractivity contribution is 8.14. The average molecular weight is 436 g/mol. The summed E-state index contributed by atoms with van der Waals surface area (Å²) >= 11 is 1.07. The van der Waals surface area contributed by atoms with Gasteiger partial charge in [-0.3, -0.25) is 9.80 Å². The fourth-order valence-electron chi connectivity index (χ4n) is 2.50. The Morgan fingerprint density at radius 3 is 2.67 bits per heavy atom. The Bertz CT molecular complexity index is 949. The van der Waals surface area contributed by atoms with Crippen molar-refractivity contribution in [2.45, 2.75) is 13.1 Å². The van der Waals surface area contributed by atoms with Crippen LogP contribution in [0.15, 0.2) is 64.7 Å². The molecule has 2 aromatic carbocycles. The molecule has 0 saturated carbocycles. The van der Waals surface area contributed by atoms with Crippen LogP contribution in [0.1, 0.15) is 12.5 Å².